The van der Waals surface area contributed by atoms with E-state index in [9.17, 15) is 4.79 Å². The van der Waals surface area contributed by atoms with E-state index in [1.165, 1.54) is 11.8 Å². The van der Waals surface area contributed by atoms with Crippen LogP contribution in [-0.2, 0) is 0 Å². The SMILES string of the molecule is COn1c(-c2ccccc2)c(-c2ccccc2)c(-c2ccccc2)c(Cl)c1=O. The van der Waals surface area contributed by atoms with Crippen LogP contribution in [0.5, 0.6) is 0 Å². The zero-order valence-electron chi connectivity index (χ0n) is 15.3. The van der Waals surface area contributed by atoms with Gasteiger partial charge in [0.05, 0.1) is 5.69 Å². The van der Waals surface area contributed by atoms with Gasteiger partial charge >= 0.3 is 5.56 Å². The molecule has 0 atom stereocenters. The van der Waals surface area contributed by atoms with E-state index in [1.54, 1.807) is 0 Å². The second kappa shape index (κ2) is 7.75. The van der Waals surface area contributed by atoms with Crippen molar-refractivity contribution in [2.24, 2.45) is 0 Å². The number of aromatic nitrogens is 1. The van der Waals surface area contributed by atoms with Crippen molar-refractivity contribution in [3.8, 4) is 33.5 Å². The number of nitrogens with zero attached hydrogens (tertiary/aromatic N) is 1. The van der Waals surface area contributed by atoms with Gasteiger partial charge in [-0.1, -0.05) is 103 Å². The molecule has 138 valence electrons. The number of rotatable bonds is 4. The van der Waals surface area contributed by atoms with Gasteiger partial charge in [0.2, 0.25) is 0 Å². The Morgan fingerprint density at radius 1 is 0.679 bits per heavy atom. The molecule has 0 radical (unpaired) electrons. The quantitative estimate of drug-likeness (QED) is 0.459. The molecule has 0 unspecified atom stereocenters. The first kappa shape index (κ1) is 18.1. The molecule has 0 fully saturated rings. The summed E-state index contributed by atoms with van der Waals surface area (Å²) in [5.41, 5.74) is 4.53. The molecule has 3 aromatic carbocycles. The van der Waals surface area contributed by atoms with Crippen molar-refractivity contribution in [2.45, 2.75) is 0 Å². The minimum absolute atomic E-state index is 0.131. The Hall–Kier alpha value is -3.30. The molecule has 3 nitrogen and oxygen atoms in total. The molecule has 4 rings (SSSR count). The number of hydrogen-bond acceptors (Lipinski definition) is 2. The van der Waals surface area contributed by atoms with E-state index in [1.807, 2.05) is 91.0 Å². The van der Waals surface area contributed by atoms with Gasteiger partial charge in [-0.05, 0) is 11.1 Å². The summed E-state index contributed by atoms with van der Waals surface area (Å²) >= 11 is 6.61. The van der Waals surface area contributed by atoms with Crippen LogP contribution in [0.1, 0.15) is 0 Å². The lowest BCUT2D eigenvalue weighted by Gasteiger charge is -2.21. The average Bonchev–Trinajstić information content (AvgIpc) is 2.77. The fourth-order valence-electron chi connectivity index (χ4n) is 3.42. The lowest BCUT2D eigenvalue weighted by atomic mass is 9.91. The zero-order valence-corrected chi connectivity index (χ0v) is 16.1. The molecule has 0 aliphatic rings. The van der Waals surface area contributed by atoms with Crippen molar-refractivity contribution in [3.05, 3.63) is 106 Å². The topological polar surface area (TPSA) is 31.2 Å². The summed E-state index contributed by atoms with van der Waals surface area (Å²) in [4.78, 5) is 18.6. The second-order valence-electron chi connectivity index (χ2n) is 6.29. The van der Waals surface area contributed by atoms with Gasteiger partial charge in [-0.2, -0.15) is 0 Å². The van der Waals surface area contributed by atoms with Crippen molar-refractivity contribution in [1.82, 2.24) is 4.73 Å². The molecule has 4 heteroatoms. The molecular weight excluding hydrogens is 370 g/mol. The molecule has 0 spiro atoms. The first-order valence-electron chi connectivity index (χ1n) is 8.91. The van der Waals surface area contributed by atoms with Gasteiger partial charge in [-0.25, -0.2) is 0 Å². The summed E-state index contributed by atoms with van der Waals surface area (Å²) in [6.45, 7) is 0. The molecule has 0 bridgehead atoms. The standard InChI is InChI=1S/C24H18ClNO2/c1-28-26-23(19-15-9-4-10-16-19)21(18-13-7-3-8-14-18)20(22(25)24(26)27)17-11-5-2-6-12-17/h2-16H,1H3. The van der Waals surface area contributed by atoms with Crippen molar-refractivity contribution in [2.75, 3.05) is 7.11 Å². The highest BCUT2D eigenvalue weighted by atomic mass is 35.5. The number of pyridine rings is 1. The average molecular weight is 388 g/mol. The third-order valence-electron chi connectivity index (χ3n) is 4.64. The van der Waals surface area contributed by atoms with Crippen LogP contribution in [-0.4, -0.2) is 11.8 Å². The maximum Gasteiger partial charge on any atom is 0.302 e. The van der Waals surface area contributed by atoms with Crippen LogP contribution >= 0.6 is 11.6 Å². The normalized spacial score (nSPS) is 10.6. The molecule has 0 aliphatic heterocycles. The van der Waals surface area contributed by atoms with E-state index in [-0.39, 0.29) is 10.6 Å². The van der Waals surface area contributed by atoms with Crippen LogP contribution in [0, 0.1) is 0 Å². The van der Waals surface area contributed by atoms with Gasteiger partial charge in [0, 0.05) is 16.7 Å². The predicted molar refractivity (Wildman–Crippen MR) is 115 cm³/mol. The van der Waals surface area contributed by atoms with Gasteiger partial charge in [0.15, 0.2) is 0 Å². The Balaban J connectivity index is 2.22. The van der Waals surface area contributed by atoms with Gasteiger partial charge in [0.25, 0.3) is 0 Å². The smallest absolute Gasteiger partial charge is 0.302 e. The highest BCUT2D eigenvalue weighted by Gasteiger charge is 2.24. The van der Waals surface area contributed by atoms with Crippen LogP contribution in [0.15, 0.2) is 95.8 Å². The monoisotopic (exact) mass is 387 g/mol. The third kappa shape index (κ3) is 3.10. The van der Waals surface area contributed by atoms with E-state index in [0.29, 0.717) is 11.3 Å². The van der Waals surface area contributed by atoms with Gasteiger partial charge < -0.3 is 4.84 Å². The molecule has 0 N–H and O–H groups in total. The summed E-state index contributed by atoms with van der Waals surface area (Å²) in [5, 5.41) is 0.131. The van der Waals surface area contributed by atoms with Crippen LogP contribution in [0.4, 0.5) is 0 Å². The largest absolute Gasteiger partial charge is 0.413 e. The molecule has 1 aromatic heterocycles. The second-order valence-corrected chi connectivity index (χ2v) is 6.67. The zero-order chi connectivity index (χ0) is 19.5. The van der Waals surface area contributed by atoms with Crippen LogP contribution < -0.4 is 10.4 Å². The van der Waals surface area contributed by atoms with Crippen molar-refractivity contribution in [3.63, 3.8) is 0 Å². The summed E-state index contributed by atoms with van der Waals surface area (Å²) in [6.07, 6.45) is 0. The Kier molecular flexibility index (Phi) is 5.00. The maximum atomic E-state index is 13.1. The van der Waals surface area contributed by atoms with Crippen molar-refractivity contribution < 1.29 is 4.84 Å². The Morgan fingerprint density at radius 3 is 1.57 bits per heavy atom. The minimum atomic E-state index is -0.387. The molecule has 0 aliphatic carbocycles. The highest BCUT2D eigenvalue weighted by Crippen LogP contribution is 2.41. The summed E-state index contributed by atoms with van der Waals surface area (Å²) in [6, 6.07) is 29.4. The lowest BCUT2D eigenvalue weighted by Crippen LogP contribution is -2.28. The van der Waals surface area contributed by atoms with Crippen LogP contribution in [0.25, 0.3) is 33.5 Å². The first-order chi connectivity index (χ1) is 13.7. The highest BCUT2D eigenvalue weighted by molar-refractivity contribution is 6.34. The number of hydrogen-bond donors (Lipinski definition) is 0. The maximum absolute atomic E-state index is 13.1. The molecule has 4 aromatic rings. The lowest BCUT2D eigenvalue weighted by molar-refractivity contribution is 0.162. The molecule has 0 saturated carbocycles. The summed E-state index contributed by atoms with van der Waals surface area (Å²) in [5.74, 6) is 0. The summed E-state index contributed by atoms with van der Waals surface area (Å²) < 4.78 is 1.27. The van der Waals surface area contributed by atoms with Crippen LogP contribution in [0.3, 0.4) is 0 Å². The van der Waals surface area contributed by atoms with E-state index < -0.39 is 0 Å². The van der Waals surface area contributed by atoms with E-state index >= 15 is 0 Å². The Morgan fingerprint density at radius 2 is 1.11 bits per heavy atom. The molecular formula is C24H18ClNO2. The van der Waals surface area contributed by atoms with Gasteiger partial charge in [-0.3, -0.25) is 4.79 Å². The molecule has 0 saturated heterocycles. The van der Waals surface area contributed by atoms with Crippen molar-refractivity contribution >= 4 is 11.6 Å². The third-order valence-corrected chi connectivity index (χ3v) is 4.99. The number of halogens is 1. The minimum Gasteiger partial charge on any atom is -0.413 e. The Labute approximate surface area is 168 Å². The predicted octanol–water partition coefficient (Wildman–Crippen LogP) is 5.56. The molecule has 28 heavy (non-hydrogen) atoms. The molecule has 0 amide bonds. The van der Waals surface area contributed by atoms with Gasteiger partial charge in [-0.15, -0.1) is 4.73 Å². The van der Waals surface area contributed by atoms with Crippen molar-refractivity contribution in [1.29, 1.82) is 0 Å². The summed E-state index contributed by atoms with van der Waals surface area (Å²) in [7, 11) is 1.47. The van der Waals surface area contributed by atoms with E-state index in [4.69, 9.17) is 16.4 Å². The fourth-order valence-corrected chi connectivity index (χ4v) is 3.70. The first-order valence-corrected chi connectivity index (χ1v) is 9.29. The van der Waals surface area contributed by atoms with Gasteiger partial charge in [0.1, 0.15) is 12.1 Å². The number of benzene rings is 3. The van der Waals surface area contributed by atoms with E-state index in [2.05, 4.69) is 0 Å². The van der Waals surface area contributed by atoms with Crippen LogP contribution in [0.2, 0.25) is 5.02 Å². The van der Waals surface area contributed by atoms with E-state index in [0.717, 1.165) is 22.3 Å². The molecule has 1 heterocycles. The fraction of sp³-hybridized carbons (Fsp3) is 0.0417. The Bertz CT molecular complexity index is 1150.